The Bertz CT molecular complexity index is 711. The summed E-state index contributed by atoms with van der Waals surface area (Å²) in [6, 6.07) is 15.9. The van der Waals surface area contributed by atoms with Gasteiger partial charge in [-0.15, -0.1) is 0 Å². The fraction of sp³-hybridized carbons (Fsp3) is 0.381. The molecule has 5 nitrogen and oxygen atoms in total. The van der Waals surface area contributed by atoms with Gasteiger partial charge in [0.15, 0.2) is 11.5 Å². The van der Waals surface area contributed by atoms with Gasteiger partial charge in [-0.2, -0.15) is 0 Å². The van der Waals surface area contributed by atoms with E-state index in [1.54, 1.807) is 7.11 Å². The van der Waals surface area contributed by atoms with E-state index in [1.807, 2.05) is 41.3 Å². The van der Waals surface area contributed by atoms with E-state index in [9.17, 15) is 4.79 Å². The van der Waals surface area contributed by atoms with Crippen LogP contribution in [0.15, 0.2) is 48.5 Å². The van der Waals surface area contributed by atoms with Gasteiger partial charge in [0.1, 0.15) is 0 Å². The maximum Gasteiger partial charge on any atom is 0.227 e. The lowest BCUT2D eigenvalue weighted by Crippen LogP contribution is -2.41. The van der Waals surface area contributed by atoms with Gasteiger partial charge in [-0.25, -0.2) is 0 Å². The Labute approximate surface area is 154 Å². The van der Waals surface area contributed by atoms with Crippen LogP contribution in [0.25, 0.3) is 0 Å². The zero-order valence-corrected chi connectivity index (χ0v) is 15.1. The van der Waals surface area contributed by atoms with Crippen LogP contribution in [0.4, 0.5) is 0 Å². The van der Waals surface area contributed by atoms with Gasteiger partial charge < -0.3 is 19.1 Å². The summed E-state index contributed by atoms with van der Waals surface area (Å²) in [5, 5.41) is 0. The molecular weight excluding hydrogens is 330 g/mol. The van der Waals surface area contributed by atoms with Gasteiger partial charge in [-0.1, -0.05) is 36.4 Å². The van der Waals surface area contributed by atoms with Crippen LogP contribution in [0.5, 0.6) is 11.5 Å². The summed E-state index contributed by atoms with van der Waals surface area (Å²) in [6.07, 6.45) is 1.18. The van der Waals surface area contributed by atoms with E-state index < -0.39 is 0 Å². The van der Waals surface area contributed by atoms with E-state index in [-0.39, 0.29) is 5.91 Å². The Balaban J connectivity index is 1.61. The predicted molar refractivity (Wildman–Crippen MR) is 99.7 cm³/mol. The standard InChI is InChI=1S/C21H25NO4/c1-24-19-8-7-18(16-21(23)22-10-13-25-14-11-22)15-20(19)26-12-9-17-5-3-2-4-6-17/h2-8,15H,9-14,16H2,1H3. The number of morpholine rings is 1. The van der Waals surface area contributed by atoms with Crippen LogP contribution < -0.4 is 9.47 Å². The largest absolute Gasteiger partial charge is 0.493 e. The molecule has 1 aliphatic rings. The molecule has 1 fully saturated rings. The van der Waals surface area contributed by atoms with Crippen LogP contribution in [0.1, 0.15) is 11.1 Å². The first-order valence-corrected chi connectivity index (χ1v) is 8.95. The van der Waals surface area contributed by atoms with E-state index in [2.05, 4.69) is 12.1 Å². The van der Waals surface area contributed by atoms with E-state index in [0.29, 0.717) is 50.8 Å². The Morgan fingerprint density at radius 3 is 2.54 bits per heavy atom. The monoisotopic (exact) mass is 355 g/mol. The zero-order chi connectivity index (χ0) is 18.2. The second kappa shape index (κ2) is 9.25. The van der Waals surface area contributed by atoms with Crippen molar-refractivity contribution in [3.05, 3.63) is 59.7 Å². The van der Waals surface area contributed by atoms with Crippen LogP contribution in [-0.2, 0) is 22.4 Å². The highest BCUT2D eigenvalue weighted by Gasteiger charge is 2.17. The fourth-order valence-electron chi connectivity index (χ4n) is 2.97. The number of carbonyl (C=O) groups excluding carboxylic acids is 1. The first kappa shape index (κ1) is 18.3. The highest BCUT2D eigenvalue weighted by molar-refractivity contribution is 5.79. The number of nitrogens with zero attached hydrogens (tertiary/aromatic N) is 1. The zero-order valence-electron chi connectivity index (χ0n) is 15.1. The van der Waals surface area contributed by atoms with Crippen molar-refractivity contribution in [1.29, 1.82) is 0 Å². The average molecular weight is 355 g/mol. The Morgan fingerprint density at radius 1 is 1.04 bits per heavy atom. The minimum absolute atomic E-state index is 0.119. The van der Waals surface area contributed by atoms with Crippen molar-refractivity contribution in [3.8, 4) is 11.5 Å². The Morgan fingerprint density at radius 2 is 1.81 bits per heavy atom. The minimum Gasteiger partial charge on any atom is -0.493 e. The number of benzene rings is 2. The van der Waals surface area contributed by atoms with Crippen molar-refractivity contribution >= 4 is 5.91 Å². The lowest BCUT2D eigenvalue weighted by atomic mass is 10.1. The highest BCUT2D eigenvalue weighted by Crippen LogP contribution is 2.28. The molecule has 0 spiro atoms. The molecule has 26 heavy (non-hydrogen) atoms. The number of carbonyl (C=O) groups is 1. The molecule has 0 N–H and O–H groups in total. The molecule has 2 aromatic carbocycles. The van der Waals surface area contributed by atoms with Gasteiger partial charge in [0.25, 0.3) is 0 Å². The van der Waals surface area contributed by atoms with E-state index in [1.165, 1.54) is 5.56 Å². The van der Waals surface area contributed by atoms with E-state index in [4.69, 9.17) is 14.2 Å². The predicted octanol–water partition coefficient (Wildman–Crippen LogP) is 2.72. The molecule has 0 saturated carbocycles. The van der Waals surface area contributed by atoms with Gasteiger partial charge in [-0.3, -0.25) is 4.79 Å². The summed E-state index contributed by atoms with van der Waals surface area (Å²) < 4.78 is 16.6. The molecule has 0 radical (unpaired) electrons. The van der Waals surface area contributed by atoms with Gasteiger partial charge in [0, 0.05) is 19.5 Å². The first-order valence-electron chi connectivity index (χ1n) is 8.95. The van der Waals surface area contributed by atoms with E-state index >= 15 is 0 Å². The molecular formula is C21H25NO4. The van der Waals surface area contributed by atoms with Gasteiger partial charge >= 0.3 is 0 Å². The van der Waals surface area contributed by atoms with Crippen LogP contribution in [0.3, 0.4) is 0 Å². The molecule has 1 saturated heterocycles. The number of ether oxygens (including phenoxy) is 3. The molecule has 1 aliphatic heterocycles. The number of methoxy groups -OCH3 is 1. The summed E-state index contributed by atoms with van der Waals surface area (Å²) in [5.74, 6) is 1.48. The van der Waals surface area contributed by atoms with Crippen molar-refractivity contribution in [1.82, 2.24) is 4.90 Å². The van der Waals surface area contributed by atoms with Crippen molar-refractivity contribution < 1.29 is 19.0 Å². The number of amides is 1. The molecule has 138 valence electrons. The maximum absolute atomic E-state index is 12.4. The SMILES string of the molecule is COc1ccc(CC(=O)N2CCOCC2)cc1OCCc1ccccc1. The second-order valence-corrected chi connectivity index (χ2v) is 6.24. The molecule has 0 bridgehead atoms. The molecule has 0 aromatic heterocycles. The summed E-state index contributed by atoms with van der Waals surface area (Å²) in [4.78, 5) is 14.3. The number of rotatable bonds is 7. The molecule has 1 amide bonds. The van der Waals surface area contributed by atoms with Crippen molar-refractivity contribution in [2.24, 2.45) is 0 Å². The molecule has 1 heterocycles. The third-order valence-corrected chi connectivity index (χ3v) is 4.44. The van der Waals surface area contributed by atoms with Crippen molar-refractivity contribution in [2.45, 2.75) is 12.8 Å². The van der Waals surface area contributed by atoms with Crippen molar-refractivity contribution in [3.63, 3.8) is 0 Å². The lowest BCUT2D eigenvalue weighted by molar-refractivity contribution is -0.134. The average Bonchev–Trinajstić information content (AvgIpc) is 2.70. The fourth-order valence-corrected chi connectivity index (χ4v) is 2.97. The third kappa shape index (κ3) is 4.99. The Hall–Kier alpha value is -2.53. The molecule has 3 rings (SSSR count). The smallest absolute Gasteiger partial charge is 0.227 e. The van der Waals surface area contributed by atoms with Gasteiger partial charge in [0.05, 0.1) is 33.4 Å². The molecule has 0 unspecified atom stereocenters. The quantitative estimate of drug-likeness (QED) is 0.766. The topological polar surface area (TPSA) is 48.0 Å². The Kier molecular flexibility index (Phi) is 6.50. The third-order valence-electron chi connectivity index (χ3n) is 4.44. The summed E-state index contributed by atoms with van der Waals surface area (Å²) in [5.41, 5.74) is 2.15. The normalized spacial score (nSPS) is 14.1. The molecule has 2 aromatic rings. The highest BCUT2D eigenvalue weighted by atomic mass is 16.5. The summed E-state index contributed by atoms with van der Waals surface area (Å²) >= 11 is 0. The van der Waals surface area contributed by atoms with Crippen LogP contribution in [-0.4, -0.2) is 50.8 Å². The van der Waals surface area contributed by atoms with Crippen molar-refractivity contribution in [2.75, 3.05) is 40.0 Å². The number of hydrogen-bond donors (Lipinski definition) is 0. The number of hydrogen-bond acceptors (Lipinski definition) is 4. The second-order valence-electron chi connectivity index (χ2n) is 6.24. The van der Waals surface area contributed by atoms with Crippen LogP contribution in [0, 0.1) is 0 Å². The first-order chi connectivity index (χ1) is 12.8. The minimum atomic E-state index is 0.119. The molecule has 5 heteroatoms. The maximum atomic E-state index is 12.4. The van der Waals surface area contributed by atoms with Gasteiger partial charge in [0.2, 0.25) is 5.91 Å². The summed E-state index contributed by atoms with van der Waals surface area (Å²) in [6.45, 7) is 3.11. The van der Waals surface area contributed by atoms with Crippen LogP contribution in [0.2, 0.25) is 0 Å². The summed E-state index contributed by atoms with van der Waals surface area (Å²) in [7, 11) is 1.62. The molecule has 0 aliphatic carbocycles. The van der Waals surface area contributed by atoms with E-state index in [0.717, 1.165) is 12.0 Å². The van der Waals surface area contributed by atoms with Crippen LogP contribution >= 0.6 is 0 Å². The lowest BCUT2D eigenvalue weighted by Gasteiger charge is -2.27. The molecule has 0 atom stereocenters. The van der Waals surface area contributed by atoms with Gasteiger partial charge in [-0.05, 0) is 23.3 Å².